The second-order valence-electron chi connectivity index (χ2n) is 6.91. The number of carbonyl (C=O) groups excluding carboxylic acids is 1. The van der Waals surface area contributed by atoms with Crippen LogP contribution in [-0.2, 0) is 0 Å². The van der Waals surface area contributed by atoms with Crippen LogP contribution in [0.15, 0.2) is 30.3 Å². The van der Waals surface area contributed by atoms with Crippen molar-refractivity contribution >= 4 is 17.2 Å². The quantitative estimate of drug-likeness (QED) is 0.919. The topological polar surface area (TPSA) is 59.2 Å². The summed E-state index contributed by atoms with van der Waals surface area (Å²) in [7, 11) is 0. The molecule has 122 valence electrons. The van der Waals surface area contributed by atoms with Crippen LogP contribution in [0.5, 0.6) is 0 Å². The molecule has 1 atom stereocenters. The van der Waals surface area contributed by atoms with Gasteiger partial charge in [0.05, 0.1) is 5.69 Å². The highest BCUT2D eigenvalue weighted by Gasteiger charge is 2.36. The van der Waals surface area contributed by atoms with Crippen LogP contribution in [0.2, 0.25) is 0 Å². The van der Waals surface area contributed by atoms with Crippen LogP contribution in [0.1, 0.15) is 35.6 Å². The number of thiazole rings is 1. The van der Waals surface area contributed by atoms with Crippen molar-refractivity contribution in [2.45, 2.75) is 33.2 Å². The zero-order chi connectivity index (χ0) is 16.6. The lowest BCUT2D eigenvalue weighted by Crippen LogP contribution is -2.53. The number of benzene rings is 1. The van der Waals surface area contributed by atoms with E-state index in [1.54, 1.807) is 0 Å². The SMILES string of the molecule is Cc1nc(-c2ccccc2)sc1C(=O)N1CCC(N)C(C)(C)C1. The minimum Gasteiger partial charge on any atom is -0.337 e. The highest BCUT2D eigenvalue weighted by atomic mass is 32.1. The van der Waals surface area contributed by atoms with Gasteiger partial charge in [-0.25, -0.2) is 4.98 Å². The number of hydrogen-bond acceptors (Lipinski definition) is 4. The van der Waals surface area contributed by atoms with Crippen molar-refractivity contribution < 1.29 is 4.79 Å². The summed E-state index contributed by atoms with van der Waals surface area (Å²) in [6.07, 6.45) is 0.849. The summed E-state index contributed by atoms with van der Waals surface area (Å²) in [5.74, 6) is 0.0853. The molecule has 0 aliphatic carbocycles. The number of rotatable bonds is 2. The summed E-state index contributed by atoms with van der Waals surface area (Å²) >= 11 is 1.48. The summed E-state index contributed by atoms with van der Waals surface area (Å²) < 4.78 is 0. The van der Waals surface area contributed by atoms with Gasteiger partial charge in [0.15, 0.2) is 0 Å². The third-order valence-electron chi connectivity index (χ3n) is 4.61. The maximum atomic E-state index is 12.9. The molecule has 4 nitrogen and oxygen atoms in total. The molecule has 1 unspecified atom stereocenters. The van der Waals surface area contributed by atoms with E-state index in [9.17, 15) is 4.79 Å². The van der Waals surface area contributed by atoms with Crippen molar-refractivity contribution in [3.05, 3.63) is 40.9 Å². The van der Waals surface area contributed by atoms with E-state index in [0.717, 1.165) is 34.1 Å². The Labute approximate surface area is 141 Å². The molecule has 23 heavy (non-hydrogen) atoms. The smallest absolute Gasteiger partial charge is 0.265 e. The van der Waals surface area contributed by atoms with Crippen LogP contribution in [0.25, 0.3) is 10.6 Å². The van der Waals surface area contributed by atoms with E-state index in [1.165, 1.54) is 11.3 Å². The van der Waals surface area contributed by atoms with E-state index < -0.39 is 0 Å². The molecule has 2 aromatic rings. The minimum atomic E-state index is -0.0469. The van der Waals surface area contributed by atoms with Crippen LogP contribution >= 0.6 is 11.3 Å². The van der Waals surface area contributed by atoms with Crippen molar-refractivity contribution in [3.63, 3.8) is 0 Å². The number of hydrogen-bond donors (Lipinski definition) is 1. The molecule has 1 aromatic heterocycles. The van der Waals surface area contributed by atoms with Crippen molar-refractivity contribution in [1.29, 1.82) is 0 Å². The largest absolute Gasteiger partial charge is 0.337 e. The summed E-state index contributed by atoms with van der Waals surface area (Å²) in [6.45, 7) is 7.60. The van der Waals surface area contributed by atoms with Gasteiger partial charge in [-0.3, -0.25) is 4.79 Å². The normalized spacial score (nSPS) is 20.5. The van der Waals surface area contributed by atoms with Crippen molar-refractivity contribution in [2.24, 2.45) is 11.1 Å². The second kappa shape index (κ2) is 6.06. The van der Waals surface area contributed by atoms with Crippen molar-refractivity contribution in [3.8, 4) is 10.6 Å². The van der Waals surface area contributed by atoms with Gasteiger partial charge in [0.25, 0.3) is 5.91 Å². The third-order valence-corrected chi connectivity index (χ3v) is 5.81. The summed E-state index contributed by atoms with van der Waals surface area (Å²) in [6, 6.07) is 10.2. The third kappa shape index (κ3) is 3.16. The number of carbonyl (C=O) groups is 1. The molecule has 1 saturated heterocycles. The zero-order valence-corrected chi connectivity index (χ0v) is 14.7. The summed E-state index contributed by atoms with van der Waals surface area (Å²) in [5, 5.41) is 0.902. The van der Waals surface area contributed by atoms with Crippen LogP contribution in [-0.4, -0.2) is 34.9 Å². The van der Waals surface area contributed by atoms with Crippen LogP contribution in [0, 0.1) is 12.3 Å². The molecule has 1 amide bonds. The summed E-state index contributed by atoms with van der Waals surface area (Å²) in [4.78, 5) is 20.2. The van der Waals surface area contributed by atoms with Gasteiger partial charge in [0, 0.05) is 24.7 Å². The van der Waals surface area contributed by atoms with E-state index in [2.05, 4.69) is 18.8 Å². The molecule has 1 fully saturated rings. The molecule has 1 aliphatic rings. The molecule has 3 rings (SSSR count). The molecule has 0 saturated carbocycles. The van der Waals surface area contributed by atoms with Gasteiger partial charge >= 0.3 is 0 Å². The highest BCUT2D eigenvalue weighted by Crippen LogP contribution is 2.32. The van der Waals surface area contributed by atoms with Gasteiger partial charge in [-0.1, -0.05) is 44.2 Å². The number of amides is 1. The first-order valence-corrected chi connectivity index (χ1v) is 8.78. The highest BCUT2D eigenvalue weighted by molar-refractivity contribution is 7.17. The second-order valence-corrected chi connectivity index (χ2v) is 7.91. The fourth-order valence-electron chi connectivity index (χ4n) is 2.99. The molecular formula is C18H23N3OS. The van der Waals surface area contributed by atoms with Gasteiger partial charge in [-0.2, -0.15) is 0 Å². The van der Waals surface area contributed by atoms with Crippen LogP contribution < -0.4 is 5.73 Å². The first kappa shape index (κ1) is 16.1. The number of nitrogens with zero attached hydrogens (tertiary/aromatic N) is 2. The maximum Gasteiger partial charge on any atom is 0.265 e. The Balaban J connectivity index is 1.85. The van der Waals surface area contributed by atoms with Crippen LogP contribution in [0.4, 0.5) is 0 Å². The molecular weight excluding hydrogens is 306 g/mol. The van der Waals surface area contributed by atoms with E-state index >= 15 is 0 Å². The molecule has 2 N–H and O–H groups in total. The molecule has 1 aromatic carbocycles. The Kier molecular flexibility index (Phi) is 4.25. The molecule has 0 spiro atoms. The Hall–Kier alpha value is -1.72. The standard InChI is InChI=1S/C18H23N3OS/c1-12-15(23-16(20-12)13-7-5-4-6-8-13)17(22)21-10-9-14(19)18(2,3)11-21/h4-8,14H,9-11,19H2,1-3H3. The average molecular weight is 329 g/mol. The molecule has 5 heteroatoms. The number of aromatic nitrogens is 1. The van der Waals surface area contributed by atoms with Crippen molar-refractivity contribution in [2.75, 3.05) is 13.1 Å². The molecule has 0 radical (unpaired) electrons. The first-order valence-electron chi connectivity index (χ1n) is 7.96. The Morgan fingerprint density at radius 2 is 2.04 bits per heavy atom. The van der Waals surface area contributed by atoms with Gasteiger partial charge in [0.2, 0.25) is 0 Å². The van der Waals surface area contributed by atoms with E-state index in [1.807, 2.05) is 42.2 Å². The van der Waals surface area contributed by atoms with E-state index in [-0.39, 0.29) is 17.4 Å². The molecule has 2 heterocycles. The maximum absolute atomic E-state index is 12.9. The molecule has 1 aliphatic heterocycles. The minimum absolute atomic E-state index is 0.0469. The monoisotopic (exact) mass is 329 g/mol. The lowest BCUT2D eigenvalue weighted by atomic mass is 9.79. The number of aryl methyl sites for hydroxylation is 1. The first-order chi connectivity index (χ1) is 10.9. The van der Waals surface area contributed by atoms with Gasteiger partial charge in [0.1, 0.15) is 9.88 Å². The number of likely N-dealkylation sites (tertiary alicyclic amines) is 1. The lowest BCUT2D eigenvalue weighted by molar-refractivity contribution is 0.0536. The van der Waals surface area contributed by atoms with Crippen molar-refractivity contribution in [1.82, 2.24) is 9.88 Å². The summed E-state index contributed by atoms with van der Waals surface area (Å²) in [5.41, 5.74) is 8.00. The Bertz CT molecular complexity index is 708. The average Bonchev–Trinajstić information content (AvgIpc) is 2.92. The lowest BCUT2D eigenvalue weighted by Gasteiger charge is -2.42. The van der Waals surface area contributed by atoms with Crippen LogP contribution in [0.3, 0.4) is 0 Å². The van der Waals surface area contributed by atoms with Gasteiger partial charge in [-0.15, -0.1) is 11.3 Å². The fraction of sp³-hybridized carbons (Fsp3) is 0.444. The van der Waals surface area contributed by atoms with E-state index in [0.29, 0.717) is 6.54 Å². The van der Waals surface area contributed by atoms with Gasteiger partial charge < -0.3 is 10.6 Å². The van der Waals surface area contributed by atoms with E-state index in [4.69, 9.17) is 5.73 Å². The Morgan fingerprint density at radius 1 is 1.35 bits per heavy atom. The predicted molar refractivity (Wildman–Crippen MR) is 94.6 cm³/mol. The number of piperidine rings is 1. The molecule has 0 bridgehead atoms. The zero-order valence-electron chi connectivity index (χ0n) is 13.9. The Morgan fingerprint density at radius 3 is 2.70 bits per heavy atom. The predicted octanol–water partition coefficient (Wildman–Crippen LogP) is 3.32. The van der Waals surface area contributed by atoms with Gasteiger partial charge in [-0.05, 0) is 18.8 Å². The number of nitrogens with two attached hydrogens (primary N) is 1. The fourth-order valence-corrected chi connectivity index (χ4v) is 4.03.